The van der Waals surface area contributed by atoms with Gasteiger partial charge in [0.2, 0.25) is 5.91 Å². The molecule has 3 aromatic rings. The number of nitrogens with one attached hydrogen (secondary N) is 1. The minimum Gasteiger partial charge on any atom is -0.390 e. The number of rotatable bonds is 8. The van der Waals surface area contributed by atoms with Crippen LogP contribution in [0.3, 0.4) is 0 Å². The molecule has 0 unspecified atom stereocenters. The second-order valence-corrected chi connectivity index (χ2v) is 11.5. The van der Waals surface area contributed by atoms with Crippen molar-refractivity contribution in [1.82, 2.24) is 19.9 Å². The van der Waals surface area contributed by atoms with Crippen LogP contribution in [0, 0.1) is 17.2 Å². The highest BCUT2D eigenvalue weighted by Gasteiger charge is 2.52. The van der Waals surface area contributed by atoms with E-state index in [2.05, 4.69) is 31.2 Å². The molecule has 2 aromatic heterocycles. The number of aliphatic hydroxyl groups is 1. The molecule has 3 aliphatic carbocycles. The lowest BCUT2D eigenvalue weighted by atomic mass is 9.78. The predicted molar refractivity (Wildman–Crippen MR) is 140 cm³/mol. The van der Waals surface area contributed by atoms with E-state index in [1.807, 2.05) is 25.2 Å². The number of carbonyl (C=O) groups excluding carboxylic acids is 1. The van der Waals surface area contributed by atoms with Gasteiger partial charge >= 0.3 is 0 Å². The summed E-state index contributed by atoms with van der Waals surface area (Å²) >= 11 is 1.46. The van der Waals surface area contributed by atoms with Crippen LogP contribution >= 0.6 is 11.3 Å². The van der Waals surface area contributed by atoms with Crippen molar-refractivity contribution < 1.29 is 14.6 Å². The molecule has 2 N–H and O–H groups in total. The molecule has 3 fully saturated rings. The summed E-state index contributed by atoms with van der Waals surface area (Å²) in [4.78, 5) is 28.4. The van der Waals surface area contributed by atoms with Crippen LogP contribution in [0.1, 0.15) is 50.8 Å². The van der Waals surface area contributed by atoms with Gasteiger partial charge < -0.3 is 15.2 Å². The van der Waals surface area contributed by atoms with Gasteiger partial charge in [0.15, 0.2) is 11.0 Å². The fraction of sp³-hybridized carbons (Fsp3) is 0.519. The summed E-state index contributed by atoms with van der Waals surface area (Å²) in [5.74, 6) is 0.555. The minimum atomic E-state index is -0.392. The molecule has 3 aliphatic rings. The Labute approximate surface area is 219 Å². The predicted octanol–water partition coefficient (Wildman–Crippen LogP) is 3.89. The van der Waals surface area contributed by atoms with Crippen LogP contribution in [0.15, 0.2) is 30.6 Å². The number of ether oxygens (including phenoxy) is 1. The highest BCUT2D eigenvalue weighted by molar-refractivity contribution is 7.22. The Balaban J connectivity index is 1.05. The van der Waals surface area contributed by atoms with Gasteiger partial charge in [0.05, 0.1) is 28.5 Å². The Morgan fingerprint density at radius 3 is 2.73 bits per heavy atom. The van der Waals surface area contributed by atoms with Crippen LogP contribution in [0.4, 0.5) is 5.13 Å². The molecule has 0 saturated heterocycles. The average Bonchev–Trinajstić information content (AvgIpc) is 3.42. The number of anilines is 1. The Hall–Kier alpha value is -2.97. The molecule has 192 valence electrons. The smallest absolute Gasteiger partial charge is 0.229 e. The molecule has 10 heteroatoms. The molecule has 37 heavy (non-hydrogen) atoms. The molecule has 0 aliphatic heterocycles. The Kier molecular flexibility index (Phi) is 6.41. The molecule has 3 saturated carbocycles. The van der Waals surface area contributed by atoms with Crippen LogP contribution in [-0.2, 0) is 16.1 Å². The van der Waals surface area contributed by atoms with Gasteiger partial charge in [-0.2, -0.15) is 5.26 Å². The summed E-state index contributed by atoms with van der Waals surface area (Å²) < 4.78 is 6.75. The van der Waals surface area contributed by atoms with E-state index in [0.717, 1.165) is 66.3 Å². The van der Waals surface area contributed by atoms with Crippen LogP contribution in [-0.4, -0.2) is 61.7 Å². The van der Waals surface area contributed by atoms with Crippen molar-refractivity contribution in [2.45, 2.75) is 75.3 Å². The summed E-state index contributed by atoms with van der Waals surface area (Å²) in [6.45, 7) is 0.288. The zero-order valence-electron chi connectivity index (χ0n) is 20.8. The highest BCUT2D eigenvalue weighted by atomic mass is 32.1. The lowest BCUT2D eigenvalue weighted by Gasteiger charge is -2.42. The lowest BCUT2D eigenvalue weighted by Crippen LogP contribution is -2.51. The molecule has 0 bridgehead atoms. The summed E-state index contributed by atoms with van der Waals surface area (Å²) in [6, 6.07) is 8.69. The maximum absolute atomic E-state index is 12.8. The number of amides is 1. The van der Waals surface area contributed by atoms with E-state index >= 15 is 0 Å². The quantitative estimate of drug-likeness (QED) is 0.460. The van der Waals surface area contributed by atoms with Crippen LogP contribution in [0.25, 0.3) is 21.3 Å². The van der Waals surface area contributed by atoms with Crippen LogP contribution < -0.4 is 5.32 Å². The molecule has 0 radical (unpaired) electrons. The second kappa shape index (κ2) is 9.72. The monoisotopic (exact) mass is 518 g/mol. The molecular weight excluding hydrogens is 488 g/mol. The molecule has 1 amide bonds. The largest absolute Gasteiger partial charge is 0.390 e. The third kappa shape index (κ3) is 4.84. The first-order valence-electron chi connectivity index (χ1n) is 12.9. The average molecular weight is 519 g/mol. The fourth-order valence-corrected chi connectivity index (χ4v) is 6.26. The second-order valence-electron chi connectivity index (χ2n) is 10.5. The SMILES string of the molecule is CN(C1CC(C(=O)Nc2nc3ccc(-c4cnc(CO[C@H]5CCC[C@@H]5O)nc4)cc3s2)C1)C1(C#N)CC1. The Morgan fingerprint density at radius 2 is 2.05 bits per heavy atom. The van der Waals surface area contributed by atoms with E-state index < -0.39 is 6.10 Å². The van der Waals surface area contributed by atoms with Crippen molar-refractivity contribution in [1.29, 1.82) is 5.26 Å². The first-order chi connectivity index (χ1) is 17.9. The fourth-order valence-electron chi connectivity index (χ4n) is 5.36. The van der Waals surface area contributed by atoms with Gasteiger partial charge in [-0.3, -0.25) is 9.69 Å². The van der Waals surface area contributed by atoms with Gasteiger partial charge in [0.1, 0.15) is 12.1 Å². The number of nitriles is 1. The molecule has 9 nitrogen and oxygen atoms in total. The molecule has 0 spiro atoms. The van der Waals surface area contributed by atoms with E-state index in [-0.39, 0.29) is 30.1 Å². The first-order valence-corrected chi connectivity index (χ1v) is 13.7. The van der Waals surface area contributed by atoms with Crippen molar-refractivity contribution in [2.75, 3.05) is 12.4 Å². The van der Waals surface area contributed by atoms with Crippen LogP contribution in [0.5, 0.6) is 0 Å². The van der Waals surface area contributed by atoms with E-state index in [0.29, 0.717) is 17.0 Å². The maximum atomic E-state index is 12.8. The Morgan fingerprint density at radius 1 is 1.27 bits per heavy atom. The number of hydrogen-bond donors (Lipinski definition) is 2. The number of benzene rings is 1. The maximum Gasteiger partial charge on any atom is 0.229 e. The molecule has 1 aromatic carbocycles. The number of carbonyl (C=O) groups is 1. The summed E-state index contributed by atoms with van der Waals surface area (Å²) in [5, 5.41) is 22.9. The topological polar surface area (TPSA) is 124 Å². The number of aliphatic hydroxyl groups excluding tert-OH is 1. The van der Waals surface area contributed by atoms with Crippen molar-refractivity contribution in [3.63, 3.8) is 0 Å². The minimum absolute atomic E-state index is 0.00191. The number of thiazole rings is 1. The van der Waals surface area contributed by atoms with Gasteiger partial charge in [0, 0.05) is 29.9 Å². The van der Waals surface area contributed by atoms with E-state index in [4.69, 9.17) is 4.74 Å². The third-order valence-corrected chi connectivity index (χ3v) is 9.07. The van der Waals surface area contributed by atoms with Crippen molar-refractivity contribution in [2.24, 2.45) is 5.92 Å². The number of nitrogens with zero attached hydrogens (tertiary/aromatic N) is 5. The van der Waals surface area contributed by atoms with E-state index in [1.54, 1.807) is 12.4 Å². The van der Waals surface area contributed by atoms with Gasteiger partial charge in [-0.05, 0) is 69.7 Å². The van der Waals surface area contributed by atoms with Gasteiger partial charge in [-0.15, -0.1) is 0 Å². The molecule has 6 rings (SSSR count). The van der Waals surface area contributed by atoms with Crippen molar-refractivity contribution in [3.8, 4) is 17.2 Å². The molecule has 2 atom stereocenters. The Bertz CT molecular complexity index is 1340. The number of aromatic nitrogens is 3. The summed E-state index contributed by atoms with van der Waals surface area (Å²) in [5.41, 5.74) is 2.40. The van der Waals surface area contributed by atoms with Gasteiger partial charge in [0.25, 0.3) is 0 Å². The standard InChI is InChI=1S/C27H30N6O3S/c1-33(27(15-28)7-8-27)19-9-17(10-19)25(35)32-26-31-20-6-5-16(11-23(20)37-26)18-12-29-24(30-13-18)14-36-22-4-2-3-21(22)34/h5-6,11-13,17,19,21-22,34H,2-4,7-10,14H2,1H3,(H,31,32,35)/t17?,19?,21-,22-/m0/s1. The third-order valence-electron chi connectivity index (χ3n) is 8.14. The van der Waals surface area contributed by atoms with Crippen LogP contribution in [0.2, 0.25) is 0 Å². The highest BCUT2D eigenvalue weighted by Crippen LogP contribution is 2.46. The van der Waals surface area contributed by atoms with Crippen molar-refractivity contribution >= 4 is 32.6 Å². The normalized spacial score (nSPS) is 26.1. The number of fused-ring (bicyclic) bond motifs is 1. The molecular formula is C27H30N6O3S. The van der Waals surface area contributed by atoms with Crippen molar-refractivity contribution in [3.05, 3.63) is 36.4 Å². The first kappa shape index (κ1) is 24.4. The van der Waals surface area contributed by atoms with Gasteiger partial charge in [-0.1, -0.05) is 17.4 Å². The van der Waals surface area contributed by atoms with Gasteiger partial charge in [-0.25, -0.2) is 15.0 Å². The zero-order valence-corrected chi connectivity index (χ0v) is 21.6. The van der Waals surface area contributed by atoms with E-state index in [1.165, 1.54) is 11.3 Å². The molecule has 2 heterocycles. The number of hydrogen-bond acceptors (Lipinski definition) is 9. The summed E-state index contributed by atoms with van der Waals surface area (Å²) in [6.07, 6.45) is 9.11. The summed E-state index contributed by atoms with van der Waals surface area (Å²) in [7, 11) is 2.01. The zero-order chi connectivity index (χ0) is 25.6. The van der Waals surface area contributed by atoms with E-state index in [9.17, 15) is 15.2 Å². The lowest BCUT2D eigenvalue weighted by molar-refractivity contribution is -0.124.